The second-order valence-corrected chi connectivity index (χ2v) is 7.32. The predicted octanol–water partition coefficient (Wildman–Crippen LogP) is 2.70. The van der Waals surface area contributed by atoms with Crippen LogP contribution in [0.2, 0.25) is 0 Å². The number of hydrogen-bond donors (Lipinski definition) is 0. The van der Waals surface area contributed by atoms with E-state index >= 15 is 0 Å². The fourth-order valence-corrected chi connectivity index (χ4v) is 3.91. The molecule has 0 saturated carbocycles. The van der Waals surface area contributed by atoms with Crippen molar-refractivity contribution in [3.8, 4) is 6.07 Å². The second kappa shape index (κ2) is 9.20. The third kappa shape index (κ3) is 4.41. The molecule has 0 bridgehead atoms. The monoisotopic (exact) mass is 394 g/mol. The maximum Gasteiger partial charge on any atom is 0.329 e. The van der Waals surface area contributed by atoms with Gasteiger partial charge in [-0.1, -0.05) is 60.7 Å². The summed E-state index contributed by atoms with van der Waals surface area (Å²) < 4.78 is 5.74. The molecule has 2 amide bonds. The Balaban J connectivity index is 1.81. The minimum atomic E-state index is -1.12. The molecule has 1 aliphatic rings. The lowest BCUT2D eigenvalue weighted by Crippen LogP contribution is -2.50. The van der Waals surface area contributed by atoms with Gasteiger partial charge in [-0.3, -0.25) is 19.3 Å². The highest BCUT2D eigenvalue weighted by molar-refractivity contribution is 8.01. The van der Waals surface area contributed by atoms with Gasteiger partial charge in [0.05, 0.1) is 6.07 Å². The summed E-state index contributed by atoms with van der Waals surface area (Å²) in [6, 6.07) is 20.3. The lowest BCUT2D eigenvalue weighted by Gasteiger charge is -2.30. The Bertz CT molecular complexity index is 856. The molecule has 1 heterocycles. The SMILES string of the molecule is N#CCC(=O)N1CCSC(C(=O)OC(c2ccccc2)c2ccccc2)C1=O. The number of amides is 2. The van der Waals surface area contributed by atoms with Crippen molar-refractivity contribution in [2.24, 2.45) is 0 Å². The Hall–Kier alpha value is -3.11. The number of thioether (sulfide) groups is 1. The molecule has 142 valence electrons. The van der Waals surface area contributed by atoms with Gasteiger partial charge in [0, 0.05) is 12.3 Å². The maximum atomic E-state index is 12.8. The Kier molecular flexibility index (Phi) is 6.45. The van der Waals surface area contributed by atoms with Gasteiger partial charge < -0.3 is 4.74 Å². The van der Waals surface area contributed by atoms with Gasteiger partial charge in [0.2, 0.25) is 5.91 Å². The highest BCUT2D eigenvalue weighted by Gasteiger charge is 2.39. The first kappa shape index (κ1) is 19.6. The smallest absolute Gasteiger partial charge is 0.329 e. The van der Waals surface area contributed by atoms with Crippen LogP contribution in [0.1, 0.15) is 23.7 Å². The molecule has 0 spiro atoms. The van der Waals surface area contributed by atoms with E-state index in [4.69, 9.17) is 10.00 Å². The van der Waals surface area contributed by atoms with Crippen molar-refractivity contribution >= 4 is 29.5 Å². The van der Waals surface area contributed by atoms with E-state index in [1.165, 1.54) is 0 Å². The highest BCUT2D eigenvalue weighted by Crippen LogP contribution is 2.29. The zero-order valence-electron chi connectivity index (χ0n) is 15.0. The van der Waals surface area contributed by atoms with Gasteiger partial charge in [-0.25, -0.2) is 0 Å². The zero-order chi connectivity index (χ0) is 19.9. The maximum absolute atomic E-state index is 12.8. The number of carbonyl (C=O) groups excluding carboxylic acids is 3. The van der Waals surface area contributed by atoms with Crippen molar-refractivity contribution in [1.82, 2.24) is 4.90 Å². The van der Waals surface area contributed by atoms with Crippen molar-refractivity contribution in [2.75, 3.05) is 12.3 Å². The molecule has 6 nitrogen and oxygen atoms in total. The molecular weight excluding hydrogens is 376 g/mol. The van der Waals surface area contributed by atoms with Crippen molar-refractivity contribution in [3.63, 3.8) is 0 Å². The van der Waals surface area contributed by atoms with E-state index in [0.29, 0.717) is 5.75 Å². The molecule has 2 aromatic rings. The summed E-state index contributed by atoms with van der Waals surface area (Å²) in [5.41, 5.74) is 1.57. The van der Waals surface area contributed by atoms with Crippen molar-refractivity contribution in [2.45, 2.75) is 17.8 Å². The predicted molar refractivity (Wildman–Crippen MR) is 104 cm³/mol. The summed E-state index contributed by atoms with van der Waals surface area (Å²) in [7, 11) is 0. The van der Waals surface area contributed by atoms with Crippen LogP contribution in [-0.4, -0.2) is 40.2 Å². The van der Waals surface area contributed by atoms with Crippen LogP contribution < -0.4 is 0 Å². The number of esters is 1. The molecule has 1 aliphatic heterocycles. The molecule has 0 aliphatic carbocycles. The molecule has 2 aromatic carbocycles. The van der Waals surface area contributed by atoms with Crippen LogP contribution >= 0.6 is 11.8 Å². The van der Waals surface area contributed by atoms with E-state index < -0.39 is 35.6 Å². The second-order valence-electron chi connectivity index (χ2n) is 6.11. The third-order valence-corrected chi connectivity index (χ3v) is 5.42. The van der Waals surface area contributed by atoms with Crippen LogP contribution in [0.25, 0.3) is 0 Å². The highest BCUT2D eigenvalue weighted by atomic mass is 32.2. The molecule has 1 saturated heterocycles. The molecule has 7 heteroatoms. The molecule has 28 heavy (non-hydrogen) atoms. The lowest BCUT2D eigenvalue weighted by molar-refractivity contribution is -0.153. The number of imide groups is 1. The summed E-state index contributed by atoms with van der Waals surface area (Å²) >= 11 is 1.15. The van der Waals surface area contributed by atoms with Crippen LogP contribution in [0, 0.1) is 11.3 Å². The summed E-state index contributed by atoms with van der Waals surface area (Å²) in [6.07, 6.45) is -1.05. The molecule has 0 aromatic heterocycles. The van der Waals surface area contributed by atoms with Gasteiger partial charge in [-0.15, -0.1) is 11.8 Å². The van der Waals surface area contributed by atoms with Gasteiger partial charge in [-0.2, -0.15) is 5.26 Å². The average molecular weight is 394 g/mol. The molecule has 3 rings (SSSR count). The summed E-state index contributed by atoms with van der Waals surface area (Å²) in [6.45, 7) is 0.189. The van der Waals surface area contributed by atoms with E-state index in [1.54, 1.807) is 6.07 Å². The summed E-state index contributed by atoms with van der Waals surface area (Å²) in [5, 5.41) is 7.57. The van der Waals surface area contributed by atoms with Crippen molar-refractivity contribution in [1.29, 1.82) is 5.26 Å². The van der Waals surface area contributed by atoms with Gasteiger partial charge in [0.15, 0.2) is 11.4 Å². The summed E-state index contributed by atoms with van der Waals surface area (Å²) in [4.78, 5) is 38.4. The standard InChI is InChI=1S/C21H18N2O4S/c22-12-11-17(24)23-13-14-28-19(20(23)25)21(26)27-18(15-7-3-1-4-8-15)16-9-5-2-6-10-16/h1-10,18-19H,11,13-14H2. The molecule has 0 N–H and O–H groups in total. The number of nitrogens with zero attached hydrogens (tertiary/aromatic N) is 2. The number of ether oxygens (including phenoxy) is 1. The first-order valence-electron chi connectivity index (χ1n) is 8.75. The lowest BCUT2D eigenvalue weighted by atomic mass is 10.0. The van der Waals surface area contributed by atoms with E-state index in [-0.39, 0.29) is 6.54 Å². The third-order valence-electron chi connectivity index (χ3n) is 4.27. The molecule has 0 radical (unpaired) electrons. The van der Waals surface area contributed by atoms with E-state index in [9.17, 15) is 14.4 Å². The van der Waals surface area contributed by atoms with Crippen LogP contribution in [0.15, 0.2) is 60.7 Å². The Morgan fingerprint density at radius 2 is 1.68 bits per heavy atom. The van der Waals surface area contributed by atoms with Crippen LogP contribution in [-0.2, 0) is 19.1 Å². The largest absolute Gasteiger partial charge is 0.451 e. The quantitative estimate of drug-likeness (QED) is 0.572. The minimum absolute atomic E-state index is 0.189. The summed E-state index contributed by atoms with van der Waals surface area (Å²) in [5.74, 6) is -1.49. The molecule has 1 atom stereocenters. The van der Waals surface area contributed by atoms with E-state index in [2.05, 4.69) is 0 Å². The van der Waals surface area contributed by atoms with Gasteiger partial charge in [-0.05, 0) is 11.1 Å². The van der Waals surface area contributed by atoms with Crippen molar-refractivity contribution in [3.05, 3.63) is 71.8 Å². The first-order chi connectivity index (χ1) is 13.6. The van der Waals surface area contributed by atoms with Gasteiger partial charge in [0.1, 0.15) is 6.42 Å². The Labute approximate surface area is 167 Å². The Morgan fingerprint density at radius 3 is 2.21 bits per heavy atom. The van der Waals surface area contributed by atoms with E-state index in [1.807, 2.05) is 60.7 Å². The average Bonchev–Trinajstić information content (AvgIpc) is 2.73. The first-order valence-corrected chi connectivity index (χ1v) is 9.80. The van der Waals surface area contributed by atoms with Crippen molar-refractivity contribution < 1.29 is 19.1 Å². The van der Waals surface area contributed by atoms with Crippen LogP contribution in [0.5, 0.6) is 0 Å². The van der Waals surface area contributed by atoms with Gasteiger partial charge in [0.25, 0.3) is 5.91 Å². The van der Waals surface area contributed by atoms with Gasteiger partial charge >= 0.3 is 5.97 Å². The fraction of sp³-hybridized carbons (Fsp3) is 0.238. The minimum Gasteiger partial charge on any atom is -0.451 e. The topological polar surface area (TPSA) is 87.5 Å². The van der Waals surface area contributed by atoms with E-state index in [0.717, 1.165) is 27.8 Å². The fourth-order valence-electron chi connectivity index (χ4n) is 2.93. The Morgan fingerprint density at radius 1 is 1.11 bits per heavy atom. The number of carbonyl (C=O) groups is 3. The van der Waals surface area contributed by atoms with Crippen LogP contribution in [0.3, 0.4) is 0 Å². The molecule has 1 unspecified atom stereocenters. The van der Waals surface area contributed by atoms with Crippen LogP contribution in [0.4, 0.5) is 0 Å². The number of rotatable bonds is 5. The number of hydrogen-bond acceptors (Lipinski definition) is 6. The molecular formula is C21H18N2O4S. The zero-order valence-corrected chi connectivity index (χ0v) is 15.8. The normalized spacial score (nSPS) is 16.5. The number of nitriles is 1. The number of benzene rings is 2. The molecule has 1 fully saturated rings.